The van der Waals surface area contributed by atoms with E-state index in [9.17, 15) is 10.1 Å². The molecule has 8 nitrogen and oxygen atoms in total. The Bertz CT molecular complexity index is 1140. The van der Waals surface area contributed by atoms with Crippen LogP contribution in [0.5, 0.6) is 0 Å². The Morgan fingerprint density at radius 2 is 1.76 bits per heavy atom. The molecule has 0 aliphatic carbocycles. The third-order valence-electron chi connectivity index (χ3n) is 7.45. The van der Waals surface area contributed by atoms with Crippen molar-refractivity contribution in [1.29, 1.82) is 10.7 Å². The summed E-state index contributed by atoms with van der Waals surface area (Å²) < 4.78 is 10.4. The Balaban J connectivity index is 0.00000138. The van der Waals surface area contributed by atoms with Crippen molar-refractivity contribution in [2.24, 2.45) is 0 Å². The van der Waals surface area contributed by atoms with Crippen molar-refractivity contribution in [2.75, 3.05) is 39.2 Å². The number of likely N-dealkylation sites (tertiary alicyclic amines) is 1. The lowest BCUT2D eigenvalue weighted by atomic mass is 9.74. The molecule has 2 heterocycles. The second kappa shape index (κ2) is 16.9. The van der Waals surface area contributed by atoms with Crippen LogP contribution >= 0.6 is 0 Å². The van der Waals surface area contributed by atoms with Gasteiger partial charge in [-0.3, -0.25) is 10.2 Å². The summed E-state index contributed by atoms with van der Waals surface area (Å²) in [5.74, 6) is 0.530. The van der Waals surface area contributed by atoms with E-state index in [1.165, 1.54) is 0 Å². The van der Waals surface area contributed by atoms with Gasteiger partial charge in [0.1, 0.15) is 11.5 Å². The predicted octanol–water partition coefficient (Wildman–Crippen LogP) is 6.83. The van der Waals surface area contributed by atoms with E-state index in [0.29, 0.717) is 17.1 Å². The molecule has 2 aromatic rings. The molecule has 0 unspecified atom stereocenters. The van der Waals surface area contributed by atoms with E-state index in [2.05, 4.69) is 46.9 Å². The minimum atomic E-state index is -0.492. The lowest BCUT2D eigenvalue weighted by molar-refractivity contribution is 0.111. The fourth-order valence-corrected chi connectivity index (χ4v) is 5.09. The summed E-state index contributed by atoms with van der Waals surface area (Å²) >= 11 is 0. The van der Waals surface area contributed by atoms with Gasteiger partial charge in [0.2, 0.25) is 5.90 Å². The monoisotopic (exact) mass is 563 g/mol. The van der Waals surface area contributed by atoms with Crippen molar-refractivity contribution in [3.63, 3.8) is 0 Å². The smallest absolute Gasteiger partial charge is 0.217 e. The first kappa shape index (κ1) is 33.9. The molecule has 1 saturated heterocycles. The van der Waals surface area contributed by atoms with Gasteiger partial charge in [-0.15, -0.1) is 0 Å². The van der Waals surface area contributed by atoms with Gasteiger partial charge < -0.3 is 19.7 Å². The largest absolute Gasteiger partial charge is 0.475 e. The van der Waals surface area contributed by atoms with Crippen molar-refractivity contribution in [2.45, 2.75) is 90.7 Å². The number of aromatic nitrogens is 1. The van der Waals surface area contributed by atoms with Crippen LogP contribution in [0.2, 0.25) is 0 Å². The topological polar surface area (TPSA) is 111 Å². The third-order valence-corrected chi connectivity index (χ3v) is 7.45. The number of hydrogen-bond donors (Lipinski definition) is 2. The summed E-state index contributed by atoms with van der Waals surface area (Å²) in [5, 5.41) is 22.4. The average Bonchev–Trinajstić information content (AvgIpc) is 2.97. The lowest BCUT2D eigenvalue weighted by Gasteiger charge is -2.35. The number of nitriles is 1. The van der Waals surface area contributed by atoms with Gasteiger partial charge in [-0.2, -0.15) is 5.26 Å². The summed E-state index contributed by atoms with van der Waals surface area (Å²) in [6, 6.07) is 12.5. The molecule has 224 valence electrons. The minimum Gasteiger partial charge on any atom is -0.475 e. The van der Waals surface area contributed by atoms with Gasteiger partial charge in [-0.1, -0.05) is 51.0 Å². The van der Waals surface area contributed by atoms with Crippen molar-refractivity contribution >= 4 is 18.0 Å². The van der Waals surface area contributed by atoms with Crippen LogP contribution in [0.15, 0.2) is 30.3 Å². The minimum absolute atomic E-state index is 0.0251. The maximum absolute atomic E-state index is 11.9. The number of piperidine rings is 1. The molecule has 0 amide bonds. The molecule has 0 saturated carbocycles. The molecule has 8 heteroatoms. The van der Waals surface area contributed by atoms with Crippen LogP contribution in [-0.2, 0) is 14.9 Å². The highest BCUT2D eigenvalue weighted by atomic mass is 16.5. The Morgan fingerprint density at radius 3 is 2.22 bits per heavy atom. The Labute approximate surface area is 247 Å². The lowest BCUT2D eigenvalue weighted by Crippen LogP contribution is -2.39. The van der Waals surface area contributed by atoms with Crippen molar-refractivity contribution in [3.05, 3.63) is 47.2 Å². The quantitative estimate of drug-likeness (QED) is 0.165. The Hall–Kier alpha value is -3.28. The molecule has 0 radical (unpaired) electrons. The van der Waals surface area contributed by atoms with E-state index in [0.717, 1.165) is 81.2 Å². The van der Waals surface area contributed by atoms with Crippen LogP contribution in [0.4, 0.5) is 5.82 Å². The summed E-state index contributed by atoms with van der Waals surface area (Å²) in [6.07, 6.45) is 6.14. The van der Waals surface area contributed by atoms with E-state index < -0.39 is 5.41 Å². The van der Waals surface area contributed by atoms with E-state index in [1.807, 2.05) is 45.0 Å². The van der Waals surface area contributed by atoms with Crippen LogP contribution in [0.25, 0.3) is 11.1 Å². The number of pyridine rings is 1. The summed E-state index contributed by atoms with van der Waals surface area (Å²) in [7, 11) is 3.77. The second-order valence-corrected chi connectivity index (χ2v) is 11.0. The predicted molar refractivity (Wildman–Crippen MR) is 167 cm³/mol. The van der Waals surface area contributed by atoms with Gasteiger partial charge in [0.05, 0.1) is 23.2 Å². The number of carbonyl (C=O) groups is 1. The maximum atomic E-state index is 11.9. The average molecular weight is 564 g/mol. The zero-order valence-corrected chi connectivity index (χ0v) is 26.0. The zero-order chi connectivity index (χ0) is 30.4. The van der Waals surface area contributed by atoms with Gasteiger partial charge in [0, 0.05) is 25.3 Å². The molecule has 1 fully saturated rings. The fraction of sp³-hybridized carbons (Fsp3) is 0.576. The summed E-state index contributed by atoms with van der Waals surface area (Å²) in [5.41, 5.74) is 2.95. The van der Waals surface area contributed by atoms with Crippen LogP contribution in [0.3, 0.4) is 0 Å². The highest BCUT2D eigenvalue weighted by Gasteiger charge is 2.35. The van der Waals surface area contributed by atoms with Crippen LogP contribution in [0, 0.1) is 16.7 Å². The summed E-state index contributed by atoms with van der Waals surface area (Å²) in [4.78, 5) is 18.7. The van der Waals surface area contributed by atoms with Gasteiger partial charge in [-0.05, 0) is 83.8 Å². The van der Waals surface area contributed by atoms with Gasteiger partial charge in [0.25, 0.3) is 0 Å². The summed E-state index contributed by atoms with van der Waals surface area (Å²) in [6.45, 7) is 12.6. The highest BCUT2D eigenvalue weighted by molar-refractivity contribution is 6.04. The van der Waals surface area contributed by atoms with Crippen LogP contribution in [0.1, 0.15) is 94.8 Å². The molecule has 0 atom stereocenters. The first-order valence-electron chi connectivity index (χ1n) is 14.9. The number of ether oxygens (including phenoxy) is 2. The zero-order valence-electron chi connectivity index (χ0n) is 26.0. The molecule has 1 aromatic carbocycles. The third kappa shape index (κ3) is 9.37. The number of aldehydes is 1. The number of anilines is 1. The molecular formula is C33H49N5O3. The highest BCUT2D eigenvalue weighted by Crippen LogP contribution is 2.37. The SMILES string of the molecule is CCCC(CCC)Nc1nc(C=O)cc(-c2ccc(C3(C#N)CCN(C)CC3)cc2)c1C(=N)OC(C)C.CCOC. The molecule has 1 aliphatic rings. The normalized spacial score (nSPS) is 14.6. The molecule has 0 bridgehead atoms. The number of benzene rings is 1. The number of hydrogen-bond acceptors (Lipinski definition) is 8. The first-order valence-corrected chi connectivity index (χ1v) is 14.9. The molecular weight excluding hydrogens is 514 g/mol. The van der Waals surface area contributed by atoms with Crippen LogP contribution < -0.4 is 5.32 Å². The molecule has 3 rings (SSSR count). The Kier molecular flexibility index (Phi) is 13.9. The molecule has 41 heavy (non-hydrogen) atoms. The molecule has 2 N–H and O–H groups in total. The number of nitrogens with one attached hydrogen (secondary N) is 2. The molecule has 1 aromatic heterocycles. The second-order valence-electron chi connectivity index (χ2n) is 11.0. The van der Waals surface area contributed by atoms with Gasteiger partial charge >= 0.3 is 0 Å². The number of nitrogens with zero attached hydrogens (tertiary/aromatic N) is 3. The van der Waals surface area contributed by atoms with Gasteiger partial charge in [0.15, 0.2) is 6.29 Å². The molecule has 0 spiro atoms. The van der Waals surface area contributed by atoms with Crippen molar-refractivity contribution in [1.82, 2.24) is 9.88 Å². The standard InChI is InChI=1S/C30H41N5O2.C3H8O/c1-6-8-24(9-7-2)33-29-27(28(32)37-21(3)4)26(18-25(19-36)34-29)22-10-12-23(13-11-22)30(20-31)14-16-35(5)17-15-30;1-3-4-2/h10-13,18-19,21,24,32H,6-9,14-17H2,1-5H3,(H,33,34);3H2,1-2H3. The number of methoxy groups -OCH3 is 1. The van der Waals surface area contributed by atoms with E-state index in [1.54, 1.807) is 13.2 Å². The fourth-order valence-electron chi connectivity index (χ4n) is 5.09. The van der Waals surface area contributed by atoms with Crippen LogP contribution in [-0.4, -0.2) is 68.1 Å². The first-order chi connectivity index (χ1) is 19.7. The van der Waals surface area contributed by atoms with Gasteiger partial charge in [-0.25, -0.2) is 4.98 Å². The number of carbonyl (C=O) groups excluding carboxylic acids is 1. The van der Waals surface area contributed by atoms with E-state index in [-0.39, 0.29) is 18.0 Å². The maximum Gasteiger partial charge on any atom is 0.217 e. The van der Waals surface area contributed by atoms with Crippen molar-refractivity contribution in [3.8, 4) is 17.2 Å². The molecule has 1 aliphatic heterocycles. The van der Waals surface area contributed by atoms with E-state index >= 15 is 0 Å². The number of rotatable bonds is 12. The van der Waals surface area contributed by atoms with E-state index in [4.69, 9.17) is 10.1 Å². The van der Waals surface area contributed by atoms with Crippen molar-refractivity contribution < 1.29 is 14.3 Å². The Morgan fingerprint density at radius 1 is 1.17 bits per heavy atom.